The fourth-order valence-electron chi connectivity index (χ4n) is 1.59. The Labute approximate surface area is 157 Å². The minimum Gasteiger partial charge on any atom is -0.872 e. The summed E-state index contributed by atoms with van der Waals surface area (Å²) in [5, 5.41) is 24.8. The van der Waals surface area contributed by atoms with Crippen molar-refractivity contribution in [2.75, 3.05) is 5.32 Å². The predicted octanol–water partition coefficient (Wildman–Crippen LogP) is 0.232. The maximum absolute atomic E-state index is 12.0. The standard InChI is InChI=1S/C13H8Cl2N2O4.Na/c14-7-1-4-12(18)9(5-7)13(19)16-11-3-2-8(17(20)21)6-10(11)15;/h1-6,18H,(H,16,19);/q;+1/p-1. The Kier molecular flexibility index (Phi) is 6.65. The molecule has 0 unspecified atom stereocenters. The van der Waals surface area contributed by atoms with Crippen LogP contribution in [0.5, 0.6) is 5.75 Å². The Hall–Kier alpha value is -1.31. The minimum absolute atomic E-state index is 0. The number of carbonyl (C=O) groups is 1. The molecule has 22 heavy (non-hydrogen) atoms. The normalized spacial score (nSPS) is 9.73. The molecule has 0 aliphatic rings. The zero-order valence-corrected chi connectivity index (χ0v) is 14.8. The number of nitro groups is 1. The first kappa shape index (κ1) is 18.7. The molecule has 1 N–H and O–H groups in total. The number of hydrogen-bond acceptors (Lipinski definition) is 4. The number of carbonyl (C=O) groups excluding carboxylic acids is 1. The molecular weight excluding hydrogens is 342 g/mol. The van der Waals surface area contributed by atoms with Gasteiger partial charge in [0.25, 0.3) is 11.6 Å². The van der Waals surface area contributed by atoms with Crippen LogP contribution in [-0.4, -0.2) is 10.8 Å². The minimum atomic E-state index is -0.696. The van der Waals surface area contributed by atoms with Gasteiger partial charge in [0.15, 0.2) is 0 Å². The number of nitrogens with one attached hydrogen (secondary N) is 1. The topological polar surface area (TPSA) is 95.3 Å². The second-order valence-electron chi connectivity index (χ2n) is 4.02. The van der Waals surface area contributed by atoms with Gasteiger partial charge in [-0.05, 0) is 18.2 Å². The van der Waals surface area contributed by atoms with Gasteiger partial charge in [-0.25, -0.2) is 0 Å². The average molecular weight is 349 g/mol. The van der Waals surface area contributed by atoms with Crippen LogP contribution < -0.4 is 40.0 Å². The number of nitrogens with zero attached hydrogens (tertiary/aromatic N) is 1. The SMILES string of the molecule is O=C(Nc1ccc([N+](=O)[O-])cc1Cl)c1cc(Cl)ccc1[O-].[Na+]. The first-order valence-electron chi connectivity index (χ1n) is 5.60. The van der Waals surface area contributed by atoms with Crippen molar-refractivity contribution >= 4 is 40.5 Å². The predicted molar refractivity (Wildman–Crippen MR) is 77.0 cm³/mol. The largest absolute Gasteiger partial charge is 1.00 e. The molecule has 0 radical (unpaired) electrons. The van der Waals surface area contributed by atoms with Crippen LogP contribution in [0.2, 0.25) is 10.0 Å². The van der Waals surface area contributed by atoms with Gasteiger partial charge in [0.1, 0.15) is 0 Å². The van der Waals surface area contributed by atoms with Gasteiger partial charge in [-0.2, -0.15) is 0 Å². The molecule has 6 nitrogen and oxygen atoms in total. The molecule has 0 aliphatic heterocycles. The molecule has 9 heteroatoms. The maximum Gasteiger partial charge on any atom is 1.00 e. The molecule has 0 aromatic heterocycles. The van der Waals surface area contributed by atoms with Crippen LogP contribution in [0.25, 0.3) is 0 Å². The molecule has 0 aliphatic carbocycles. The maximum atomic E-state index is 12.0. The molecule has 0 saturated carbocycles. The first-order chi connectivity index (χ1) is 9.88. The summed E-state index contributed by atoms with van der Waals surface area (Å²) >= 11 is 11.6. The van der Waals surface area contributed by atoms with Crippen molar-refractivity contribution in [3.05, 3.63) is 62.1 Å². The molecule has 1 amide bonds. The summed E-state index contributed by atoms with van der Waals surface area (Å²) in [6, 6.07) is 7.37. The van der Waals surface area contributed by atoms with E-state index in [1.807, 2.05) is 0 Å². The van der Waals surface area contributed by atoms with Gasteiger partial charge < -0.3 is 10.4 Å². The third-order valence-electron chi connectivity index (χ3n) is 2.60. The Bertz CT molecular complexity index is 740. The molecule has 0 atom stereocenters. The number of benzene rings is 2. The Morgan fingerprint density at radius 3 is 2.41 bits per heavy atom. The van der Waals surface area contributed by atoms with Crippen LogP contribution in [0.1, 0.15) is 10.4 Å². The molecular formula is C13H7Cl2N2NaO4. The quantitative estimate of drug-likeness (QED) is 0.488. The zero-order valence-electron chi connectivity index (χ0n) is 11.3. The first-order valence-corrected chi connectivity index (χ1v) is 6.36. The Morgan fingerprint density at radius 2 is 1.82 bits per heavy atom. The van der Waals surface area contributed by atoms with Crippen molar-refractivity contribution in [1.82, 2.24) is 0 Å². The van der Waals surface area contributed by atoms with E-state index in [0.29, 0.717) is 0 Å². The second-order valence-corrected chi connectivity index (χ2v) is 4.86. The summed E-state index contributed by atoms with van der Waals surface area (Å²) < 4.78 is 0. The van der Waals surface area contributed by atoms with Crippen molar-refractivity contribution in [2.45, 2.75) is 0 Å². The van der Waals surface area contributed by atoms with E-state index in [1.165, 1.54) is 30.3 Å². The van der Waals surface area contributed by atoms with Crippen LogP contribution in [0.4, 0.5) is 11.4 Å². The van der Waals surface area contributed by atoms with Gasteiger partial charge in [-0.3, -0.25) is 14.9 Å². The molecule has 0 heterocycles. The number of rotatable bonds is 3. The monoisotopic (exact) mass is 348 g/mol. The Morgan fingerprint density at radius 1 is 1.14 bits per heavy atom. The van der Waals surface area contributed by atoms with Crippen molar-refractivity contribution in [3.8, 4) is 5.75 Å². The number of nitro benzene ring substituents is 1. The van der Waals surface area contributed by atoms with Gasteiger partial charge in [0.2, 0.25) is 0 Å². The summed E-state index contributed by atoms with van der Waals surface area (Å²) in [7, 11) is 0. The molecule has 2 aromatic rings. The van der Waals surface area contributed by atoms with Gasteiger partial charge in [-0.1, -0.05) is 35.0 Å². The number of anilines is 1. The Balaban J connectivity index is 0.00000242. The van der Waals surface area contributed by atoms with E-state index >= 15 is 0 Å². The van der Waals surface area contributed by atoms with Gasteiger partial charge >= 0.3 is 29.6 Å². The third kappa shape index (κ3) is 4.34. The fraction of sp³-hybridized carbons (Fsp3) is 0. The van der Waals surface area contributed by atoms with Crippen LogP contribution in [0, 0.1) is 10.1 Å². The number of amides is 1. The second kappa shape index (κ2) is 7.80. The van der Waals surface area contributed by atoms with Crippen molar-refractivity contribution in [1.29, 1.82) is 0 Å². The molecule has 0 spiro atoms. The van der Waals surface area contributed by atoms with E-state index in [0.717, 1.165) is 6.07 Å². The smallest absolute Gasteiger partial charge is 0.872 e. The molecule has 0 saturated heterocycles. The van der Waals surface area contributed by atoms with Gasteiger partial charge in [-0.15, -0.1) is 0 Å². The number of hydrogen-bond donors (Lipinski definition) is 1. The van der Waals surface area contributed by atoms with Crippen LogP contribution in [-0.2, 0) is 0 Å². The summed E-state index contributed by atoms with van der Waals surface area (Å²) in [6.07, 6.45) is 0. The van der Waals surface area contributed by atoms with E-state index in [-0.39, 0.29) is 56.5 Å². The third-order valence-corrected chi connectivity index (χ3v) is 3.15. The van der Waals surface area contributed by atoms with E-state index in [2.05, 4.69) is 5.32 Å². The van der Waals surface area contributed by atoms with E-state index in [9.17, 15) is 20.0 Å². The summed E-state index contributed by atoms with van der Waals surface area (Å²) in [4.78, 5) is 22.0. The average Bonchev–Trinajstić information content (AvgIpc) is 2.43. The van der Waals surface area contributed by atoms with Gasteiger partial charge in [0, 0.05) is 22.7 Å². The molecule has 2 aromatic carbocycles. The summed E-state index contributed by atoms with van der Waals surface area (Å²) in [5.41, 5.74) is -0.186. The van der Waals surface area contributed by atoms with Crippen LogP contribution in [0.3, 0.4) is 0 Å². The number of non-ortho nitro benzene ring substituents is 1. The molecule has 2 rings (SSSR count). The zero-order chi connectivity index (χ0) is 15.6. The van der Waals surface area contributed by atoms with Crippen LogP contribution >= 0.6 is 23.2 Å². The van der Waals surface area contributed by atoms with E-state index < -0.39 is 16.6 Å². The molecule has 0 bridgehead atoms. The number of halogens is 2. The van der Waals surface area contributed by atoms with Crippen molar-refractivity contribution in [2.24, 2.45) is 0 Å². The van der Waals surface area contributed by atoms with Gasteiger partial charge in [0.05, 0.1) is 15.6 Å². The van der Waals surface area contributed by atoms with Crippen LogP contribution in [0.15, 0.2) is 36.4 Å². The van der Waals surface area contributed by atoms with Crippen molar-refractivity contribution < 1.29 is 44.4 Å². The molecule has 0 fully saturated rings. The summed E-state index contributed by atoms with van der Waals surface area (Å²) in [6.45, 7) is 0. The van der Waals surface area contributed by atoms with E-state index in [1.54, 1.807) is 0 Å². The molecule has 108 valence electrons. The summed E-state index contributed by atoms with van der Waals surface area (Å²) in [5.74, 6) is -1.19. The fourth-order valence-corrected chi connectivity index (χ4v) is 1.98. The van der Waals surface area contributed by atoms with Crippen molar-refractivity contribution in [3.63, 3.8) is 0 Å². The van der Waals surface area contributed by atoms with E-state index in [4.69, 9.17) is 23.2 Å².